The number of ether oxygens (including phenoxy) is 1. The van der Waals surface area contributed by atoms with Gasteiger partial charge in [0.05, 0.1) is 18.7 Å². The Kier molecular flexibility index (Phi) is 4.91. The highest BCUT2D eigenvalue weighted by Crippen LogP contribution is 2.43. The van der Waals surface area contributed by atoms with E-state index in [-0.39, 0.29) is 11.9 Å². The van der Waals surface area contributed by atoms with Gasteiger partial charge in [0.15, 0.2) is 0 Å². The number of hydrogen-bond donors (Lipinski definition) is 2. The molecule has 7 heteroatoms. The second kappa shape index (κ2) is 7.60. The van der Waals surface area contributed by atoms with Crippen LogP contribution in [0.25, 0.3) is 0 Å². The fourth-order valence-corrected chi connectivity index (χ4v) is 4.85. The van der Waals surface area contributed by atoms with Crippen LogP contribution >= 0.6 is 27.5 Å². The van der Waals surface area contributed by atoms with Crippen LogP contribution < -0.4 is 15.4 Å². The number of carbonyl (C=O) groups excluding carboxylic acids is 1. The zero-order valence-electron chi connectivity index (χ0n) is 15.7. The van der Waals surface area contributed by atoms with Crippen LogP contribution in [-0.2, 0) is 0 Å². The molecular weight excluding hydrogens is 471 g/mol. The quantitative estimate of drug-likeness (QED) is 0.476. The SMILES string of the molecule is O=C1N[C@@H](c2cc(F)ccc2Cl)c2c(N[C@H]3CCOc4ccccc43)cc(Br)cc21. The van der Waals surface area contributed by atoms with Crippen molar-refractivity contribution in [1.29, 1.82) is 0 Å². The van der Waals surface area contributed by atoms with Gasteiger partial charge < -0.3 is 15.4 Å². The minimum absolute atomic E-state index is 0.0210. The summed E-state index contributed by atoms with van der Waals surface area (Å²) in [6.07, 6.45) is 0.783. The normalized spacial score (nSPS) is 19.5. The summed E-state index contributed by atoms with van der Waals surface area (Å²) in [5.41, 5.74) is 3.69. The molecule has 0 aliphatic carbocycles. The van der Waals surface area contributed by atoms with Gasteiger partial charge in [0.1, 0.15) is 11.6 Å². The lowest BCUT2D eigenvalue weighted by Gasteiger charge is -2.29. The Morgan fingerprint density at radius 1 is 1.13 bits per heavy atom. The molecule has 0 fully saturated rings. The molecule has 2 N–H and O–H groups in total. The molecule has 0 saturated heterocycles. The number of anilines is 1. The van der Waals surface area contributed by atoms with E-state index in [4.69, 9.17) is 16.3 Å². The molecule has 1 amide bonds. The molecule has 4 nitrogen and oxygen atoms in total. The van der Waals surface area contributed by atoms with E-state index < -0.39 is 11.9 Å². The fraction of sp³-hybridized carbons (Fsp3) is 0.174. The molecule has 30 heavy (non-hydrogen) atoms. The molecule has 0 radical (unpaired) electrons. The first-order chi connectivity index (χ1) is 14.5. The van der Waals surface area contributed by atoms with Crippen molar-refractivity contribution in [3.05, 3.63) is 92.2 Å². The van der Waals surface area contributed by atoms with Crippen LogP contribution in [0.1, 0.15) is 45.6 Å². The fourth-order valence-electron chi connectivity index (χ4n) is 4.17. The lowest BCUT2D eigenvalue weighted by Crippen LogP contribution is -2.22. The van der Waals surface area contributed by atoms with E-state index in [9.17, 15) is 9.18 Å². The molecule has 2 atom stereocenters. The lowest BCUT2D eigenvalue weighted by atomic mass is 9.94. The van der Waals surface area contributed by atoms with E-state index in [0.29, 0.717) is 22.8 Å². The van der Waals surface area contributed by atoms with Gasteiger partial charge in [-0.05, 0) is 36.4 Å². The molecule has 0 bridgehead atoms. The zero-order chi connectivity index (χ0) is 20.8. The molecular formula is C23H17BrClFN2O2. The van der Waals surface area contributed by atoms with Crippen LogP contribution in [0.15, 0.2) is 59.1 Å². The summed E-state index contributed by atoms with van der Waals surface area (Å²) in [6.45, 7) is 0.598. The van der Waals surface area contributed by atoms with Gasteiger partial charge in [-0.15, -0.1) is 0 Å². The Bertz CT molecular complexity index is 1170. The van der Waals surface area contributed by atoms with Crippen molar-refractivity contribution in [3.63, 3.8) is 0 Å². The van der Waals surface area contributed by atoms with Crippen molar-refractivity contribution < 1.29 is 13.9 Å². The Balaban J connectivity index is 1.61. The minimum atomic E-state index is -0.540. The van der Waals surface area contributed by atoms with Crippen molar-refractivity contribution in [2.24, 2.45) is 0 Å². The van der Waals surface area contributed by atoms with Gasteiger partial charge in [0.25, 0.3) is 5.91 Å². The third-order valence-corrected chi connectivity index (χ3v) is 6.31. The molecule has 0 unspecified atom stereocenters. The number of para-hydroxylation sites is 1. The average Bonchev–Trinajstić information content (AvgIpc) is 3.06. The van der Waals surface area contributed by atoms with Gasteiger partial charge >= 0.3 is 0 Å². The molecule has 0 saturated carbocycles. The highest BCUT2D eigenvalue weighted by atomic mass is 79.9. The minimum Gasteiger partial charge on any atom is -0.493 e. The van der Waals surface area contributed by atoms with Gasteiger partial charge in [-0.1, -0.05) is 45.7 Å². The molecule has 152 valence electrons. The number of amides is 1. The maximum absolute atomic E-state index is 14.0. The summed E-state index contributed by atoms with van der Waals surface area (Å²) in [7, 11) is 0. The molecule has 0 spiro atoms. The van der Waals surface area contributed by atoms with Crippen LogP contribution in [0.2, 0.25) is 5.02 Å². The van der Waals surface area contributed by atoms with Gasteiger partial charge in [-0.3, -0.25) is 4.79 Å². The number of halogens is 3. The monoisotopic (exact) mass is 486 g/mol. The van der Waals surface area contributed by atoms with Crippen molar-refractivity contribution >= 4 is 39.1 Å². The van der Waals surface area contributed by atoms with Crippen molar-refractivity contribution in [2.75, 3.05) is 11.9 Å². The molecule has 3 aromatic rings. The van der Waals surface area contributed by atoms with E-state index in [1.807, 2.05) is 30.3 Å². The summed E-state index contributed by atoms with van der Waals surface area (Å²) < 4.78 is 20.5. The van der Waals surface area contributed by atoms with Crippen molar-refractivity contribution in [2.45, 2.75) is 18.5 Å². The topological polar surface area (TPSA) is 50.4 Å². The van der Waals surface area contributed by atoms with Crippen LogP contribution in [-0.4, -0.2) is 12.5 Å². The van der Waals surface area contributed by atoms with Crippen LogP contribution in [0.4, 0.5) is 10.1 Å². The largest absolute Gasteiger partial charge is 0.493 e. The van der Waals surface area contributed by atoms with E-state index in [1.165, 1.54) is 18.2 Å². The second-order valence-corrected chi connectivity index (χ2v) is 8.68. The Labute approximate surface area is 186 Å². The van der Waals surface area contributed by atoms with E-state index in [0.717, 1.165) is 33.5 Å². The first kappa shape index (κ1) is 19.4. The van der Waals surface area contributed by atoms with E-state index in [2.05, 4.69) is 26.6 Å². The molecule has 0 aromatic heterocycles. The highest BCUT2D eigenvalue weighted by molar-refractivity contribution is 9.10. The Morgan fingerprint density at radius 3 is 2.83 bits per heavy atom. The summed E-state index contributed by atoms with van der Waals surface area (Å²) in [5, 5.41) is 6.95. The number of fused-ring (bicyclic) bond motifs is 2. The summed E-state index contributed by atoms with van der Waals surface area (Å²) in [6, 6.07) is 15.3. The second-order valence-electron chi connectivity index (χ2n) is 7.36. The first-order valence-corrected chi connectivity index (χ1v) is 10.8. The number of benzene rings is 3. The standard InChI is InChI=1S/C23H17BrClFN2O2/c24-12-9-16-21(22(28-23(16)29)15-11-13(26)5-6-17(15)25)19(10-12)27-18-7-8-30-20-4-2-1-3-14(18)20/h1-6,9-11,18,22,27H,7-8H2,(H,28,29)/t18-,22-/m0/s1. The third kappa shape index (κ3) is 3.34. The van der Waals surface area contributed by atoms with Crippen LogP contribution in [0, 0.1) is 5.82 Å². The van der Waals surface area contributed by atoms with Gasteiger partial charge in [-0.2, -0.15) is 0 Å². The number of hydrogen-bond acceptors (Lipinski definition) is 3. The predicted octanol–water partition coefficient (Wildman–Crippen LogP) is 6.01. The maximum atomic E-state index is 14.0. The van der Waals surface area contributed by atoms with Crippen molar-refractivity contribution in [1.82, 2.24) is 5.32 Å². The molecule has 5 rings (SSSR count). The molecule has 3 aromatic carbocycles. The highest BCUT2D eigenvalue weighted by Gasteiger charge is 2.35. The van der Waals surface area contributed by atoms with Crippen LogP contribution in [0.5, 0.6) is 5.75 Å². The van der Waals surface area contributed by atoms with E-state index in [1.54, 1.807) is 6.07 Å². The van der Waals surface area contributed by atoms with Gasteiger partial charge in [0, 0.05) is 43.9 Å². The van der Waals surface area contributed by atoms with E-state index >= 15 is 0 Å². The van der Waals surface area contributed by atoms with Crippen LogP contribution in [0.3, 0.4) is 0 Å². The number of rotatable bonds is 3. The Morgan fingerprint density at radius 2 is 1.97 bits per heavy atom. The zero-order valence-corrected chi connectivity index (χ0v) is 18.1. The van der Waals surface area contributed by atoms with Gasteiger partial charge in [-0.25, -0.2) is 4.39 Å². The van der Waals surface area contributed by atoms with Gasteiger partial charge in [0.2, 0.25) is 0 Å². The first-order valence-electron chi connectivity index (χ1n) is 9.59. The smallest absolute Gasteiger partial charge is 0.252 e. The summed E-state index contributed by atoms with van der Waals surface area (Å²) in [5.74, 6) is 0.237. The Hall–Kier alpha value is -2.57. The third-order valence-electron chi connectivity index (χ3n) is 5.51. The van der Waals surface area contributed by atoms with Crippen molar-refractivity contribution in [3.8, 4) is 5.75 Å². The number of nitrogens with one attached hydrogen (secondary N) is 2. The molecule has 2 aliphatic rings. The summed E-state index contributed by atoms with van der Waals surface area (Å²) in [4.78, 5) is 12.7. The molecule has 2 heterocycles. The lowest BCUT2D eigenvalue weighted by molar-refractivity contribution is 0.0960. The summed E-state index contributed by atoms with van der Waals surface area (Å²) >= 11 is 9.88. The number of carbonyl (C=O) groups is 1. The average molecular weight is 488 g/mol. The molecule has 2 aliphatic heterocycles. The maximum Gasteiger partial charge on any atom is 0.252 e. The predicted molar refractivity (Wildman–Crippen MR) is 118 cm³/mol.